The Morgan fingerprint density at radius 2 is 1.74 bits per heavy atom. The summed E-state index contributed by atoms with van der Waals surface area (Å²) in [4.78, 5) is 12.8. The first-order chi connectivity index (χ1) is 15.0. The van der Waals surface area contributed by atoms with Crippen LogP contribution in [-0.2, 0) is 14.8 Å². The van der Waals surface area contributed by atoms with E-state index < -0.39 is 10.0 Å². The van der Waals surface area contributed by atoms with Gasteiger partial charge >= 0.3 is 0 Å². The fourth-order valence-corrected chi connectivity index (χ4v) is 4.90. The zero-order chi connectivity index (χ0) is 21.8. The molecule has 1 N–H and O–H groups in total. The molecular formula is C20H19N7O3S. The van der Waals surface area contributed by atoms with E-state index in [9.17, 15) is 13.2 Å². The Labute approximate surface area is 179 Å². The second-order valence-corrected chi connectivity index (χ2v) is 9.04. The minimum Gasteiger partial charge on any atom is -0.326 e. The average molecular weight is 437 g/mol. The molecular weight excluding hydrogens is 418 g/mol. The first-order valence-corrected chi connectivity index (χ1v) is 11.1. The summed E-state index contributed by atoms with van der Waals surface area (Å²) in [6, 6.07) is 14.9. The summed E-state index contributed by atoms with van der Waals surface area (Å²) in [7, 11) is -3.65. The van der Waals surface area contributed by atoms with Crippen molar-refractivity contribution in [1.82, 2.24) is 24.5 Å². The highest BCUT2D eigenvalue weighted by Gasteiger charge is 2.32. The Balaban J connectivity index is 1.34. The van der Waals surface area contributed by atoms with Crippen LogP contribution in [0.2, 0.25) is 0 Å². The molecule has 2 heterocycles. The van der Waals surface area contributed by atoms with E-state index in [-0.39, 0.29) is 29.8 Å². The second-order valence-electron chi connectivity index (χ2n) is 7.11. The van der Waals surface area contributed by atoms with Gasteiger partial charge in [0.25, 0.3) is 0 Å². The molecule has 0 saturated carbocycles. The van der Waals surface area contributed by atoms with Crippen molar-refractivity contribution in [1.29, 1.82) is 5.26 Å². The van der Waals surface area contributed by atoms with Crippen LogP contribution in [0.1, 0.15) is 18.4 Å². The number of anilines is 1. The molecule has 1 aromatic heterocycles. The Kier molecular flexibility index (Phi) is 5.75. The van der Waals surface area contributed by atoms with Gasteiger partial charge in [0.1, 0.15) is 6.33 Å². The van der Waals surface area contributed by atoms with Crippen molar-refractivity contribution in [3.63, 3.8) is 0 Å². The molecule has 1 aliphatic rings. The smallest absolute Gasteiger partial charge is 0.243 e. The van der Waals surface area contributed by atoms with Crippen molar-refractivity contribution in [2.75, 3.05) is 18.4 Å². The number of nitrogens with one attached hydrogen (secondary N) is 1. The van der Waals surface area contributed by atoms with E-state index in [2.05, 4.69) is 20.8 Å². The van der Waals surface area contributed by atoms with Crippen LogP contribution in [0.15, 0.2) is 59.8 Å². The van der Waals surface area contributed by atoms with Gasteiger partial charge in [-0.15, -0.1) is 5.10 Å². The number of carbonyl (C=O) groups is 1. The molecule has 0 bridgehead atoms. The number of tetrazole rings is 1. The Morgan fingerprint density at radius 3 is 2.32 bits per heavy atom. The number of piperidine rings is 1. The standard InChI is InChI=1S/C20H19N7O3S/c21-13-15-1-7-19(8-2-15)31(29,30)26-11-9-16(10-12-26)20(28)23-17-3-5-18(6-4-17)27-14-22-24-25-27/h1-8,14,16H,9-12H2,(H,23,28). The van der Waals surface area contributed by atoms with Gasteiger partial charge in [0.2, 0.25) is 15.9 Å². The average Bonchev–Trinajstić information content (AvgIpc) is 3.35. The first kappa shape index (κ1) is 20.6. The maximum Gasteiger partial charge on any atom is 0.243 e. The van der Waals surface area contributed by atoms with E-state index in [4.69, 9.17) is 5.26 Å². The number of benzene rings is 2. The van der Waals surface area contributed by atoms with Gasteiger partial charge in [-0.2, -0.15) is 9.57 Å². The van der Waals surface area contributed by atoms with E-state index in [1.165, 1.54) is 39.6 Å². The molecule has 1 amide bonds. The third-order valence-corrected chi connectivity index (χ3v) is 7.11. The van der Waals surface area contributed by atoms with Crippen molar-refractivity contribution < 1.29 is 13.2 Å². The lowest BCUT2D eigenvalue weighted by Crippen LogP contribution is -2.41. The van der Waals surface area contributed by atoms with Gasteiger partial charge in [0.15, 0.2) is 0 Å². The van der Waals surface area contributed by atoms with E-state index >= 15 is 0 Å². The molecule has 2 aromatic carbocycles. The molecule has 0 spiro atoms. The molecule has 0 radical (unpaired) electrons. The van der Waals surface area contributed by atoms with E-state index in [0.29, 0.717) is 24.1 Å². The summed E-state index contributed by atoms with van der Waals surface area (Å²) in [5.74, 6) is -0.405. The largest absolute Gasteiger partial charge is 0.326 e. The SMILES string of the molecule is N#Cc1ccc(S(=O)(=O)N2CCC(C(=O)Nc3ccc(-n4cnnn4)cc3)CC2)cc1. The van der Waals surface area contributed by atoms with Crippen LogP contribution >= 0.6 is 0 Å². The van der Waals surface area contributed by atoms with Crippen molar-refractivity contribution in [3.05, 3.63) is 60.4 Å². The molecule has 158 valence electrons. The van der Waals surface area contributed by atoms with Gasteiger partial charge in [0.05, 0.1) is 22.2 Å². The third kappa shape index (κ3) is 4.45. The Bertz CT molecular complexity index is 1190. The van der Waals surface area contributed by atoms with Crippen molar-refractivity contribution >= 4 is 21.6 Å². The number of aromatic nitrogens is 4. The number of rotatable bonds is 5. The molecule has 0 unspecified atom stereocenters. The maximum absolute atomic E-state index is 12.8. The topological polar surface area (TPSA) is 134 Å². The number of hydrogen-bond donors (Lipinski definition) is 1. The number of amides is 1. The van der Waals surface area contributed by atoms with Gasteiger partial charge in [-0.3, -0.25) is 4.79 Å². The molecule has 10 nitrogen and oxygen atoms in total. The highest BCUT2D eigenvalue weighted by atomic mass is 32.2. The molecule has 3 aromatic rings. The van der Waals surface area contributed by atoms with Gasteiger partial charge in [0, 0.05) is 24.7 Å². The molecule has 31 heavy (non-hydrogen) atoms. The monoisotopic (exact) mass is 437 g/mol. The van der Waals surface area contributed by atoms with Crippen LogP contribution in [0.25, 0.3) is 5.69 Å². The number of nitriles is 1. The molecule has 0 aliphatic carbocycles. The summed E-state index contributed by atoms with van der Waals surface area (Å²) < 4.78 is 28.5. The molecule has 1 saturated heterocycles. The van der Waals surface area contributed by atoms with Gasteiger partial charge in [-0.25, -0.2) is 13.1 Å². The van der Waals surface area contributed by atoms with Crippen LogP contribution in [0.4, 0.5) is 5.69 Å². The lowest BCUT2D eigenvalue weighted by Gasteiger charge is -2.30. The Morgan fingerprint density at radius 1 is 1.06 bits per heavy atom. The van der Waals surface area contributed by atoms with Crippen LogP contribution in [-0.4, -0.2) is 51.9 Å². The zero-order valence-electron chi connectivity index (χ0n) is 16.4. The summed E-state index contributed by atoms with van der Waals surface area (Å²) in [6.07, 6.45) is 2.35. The lowest BCUT2D eigenvalue weighted by atomic mass is 9.97. The second kappa shape index (κ2) is 8.63. The molecule has 0 atom stereocenters. The first-order valence-electron chi connectivity index (χ1n) is 9.62. The quantitative estimate of drug-likeness (QED) is 0.640. The number of hydrogen-bond acceptors (Lipinski definition) is 7. The normalized spacial score (nSPS) is 15.3. The van der Waals surface area contributed by atoms with Gasteiger partial charge < -0.3 is 5.32 Å². The molecule has 4 rings (SSSR count). The number of nitrogens with zero attached hydrogens (tertiary/aromatic N) is 6. The van der Waals surface area contributed by atoms with Gasteiger partial charge in [-0.05, 0) is 71.8 Å². The van der Waals surface area contributed by atoms with Crippen LogP contribution < -0.4 is 5.32 Å². The van der Waals surface area contributed by atoms with E-state index in [1.54, 1.807) is 24.3 Å². The minimum absolute atomic E-state index is 0.134. The molecule has 1 aliphatic heterocycles. The Hall–Kier alpha value is -3.62. The van der Waals surface area contributed by atoms with Crippen LogP contribution in [0, 0.1) is 17.2 Å². The number of carbonyl (C=O) groups excluding carboxylic acids is 1. The highest BCUT2D eigenvalue weighted by Crippen LogP contribution is 2.25. The summed E-state index contributed by atoms with van der Waals surface area (Å²) in [5, 5.41) is 22.7. The predicted molar refractivity (Wildman–Crippen MR) is 110 cm³/mol. The predicted octanol–water partition coefficient (Wildman–Crippen LogP) is 1.57. The highest BCUT2D eigenvalue weighted by molar-refractivity contribution is 7.89. The fraction of sp³-hybridized carbons (Fsp3) is 0.250. The zero-order valence-corrected chi connectivity index (χ0v) is 17.2. The van der Waals surface area contributed by atoms with Crippen molar-refractivity contribution in [2.45, 2.75) is 17.7 Å². The molecule has 1 fully saturated rings. The van der Waals surface area contributed by atoms with Gasteiger partial charge in [-0.1, -0.05) is 0 Å². The fourth-order valence-electron chi connectivity index (χ4n) is 3.43. The third-order valence-electron chi connectivity index (χ3n) is 5.19. The van der Waals surface area contributed by atoms with E-state index in [0.717, 1.165) is 5.69 Å². The summed E-state index contributed by atoms with van der Waals surface area (Å²) >= 11 is 0. The number of sulfonamides is 1. The summed E-state index contributed by atoms with van der Waals surface area (Å²) in [6.45, 7) is 0.525. The molecule has 11 heteroatoms. The summed E-state index contributed by atoms with van der Waals surface area (Å²) in [5.41, 5.74) is 1.82. The minimum atomic E-state index is -3.65. The van der Waals surface area contributed by atoms with Crippen molar-refractivity contribution in [3.8, 4) is 11.8 Å². The van der Waals surface area contributed by atoms with Crippen molar-refractivity contribution in [2.24, 2.45) is 5.92 Å². The maximum atomic E-state index is 12.8. The lowest BCUT2D eigenvalue weighted by molar-refractivity contribution is -0.120. The van der Waals surface area contributed by atoms with E-state index in [1.807, 2.05) is 6.07 Å². The van der Waals surface area contributed by atoms with Crippen LogP contribution in [0.5, 0.6) is 0 Å². The van der Waals surface area contributed by atoms with Crippen LogP contribution in [0.3, 0.4) is 0 Å².